The summed E-state index contributed by atoms with van der Waals surface area (Å²) in [5.41, 5.74) is 5.14. The molecule has 0 aromatic heterocycles. The minimum absolute atomic E-state index is 0.0417. The van der Waals surface area contributed by atoms with E-state index in [1.165, 1.54) is 4.31 Å². The van der Waals surface area contributed by atoms with Gasteiger partial charge in [0.1, 0.15) is 0 Å². The molecule has 0 aliphatic carbocycles. The second-order valence-corrected chi connectivity index (χ2v) is 7.37. The van der Waals surface area contributed by atoms with Gasteiger partial charge in [0, 0.05) is 25.4 Å². The fourth-order valence-corrected chi connectivity index (χ4v) is 4.24. The van der Waals surface area contributed by atoms with Crippen LogP contribution < -0.4 is 5.73 Å². The number of primary amides is 1. The molecule has 18 heavy (non-hydrogen) atoms. The average molecular weight is 297 g/mol. The van der Waals surface area contributed by atoms with Crippen molar-refractivity contribution >= 4 is 27.5 Å². The Labute approximate surface area is 114 Å². The molecule has 1 heterocycles. The molecule has 0 spiro atoms. The van der Waals surface area contributed by atoms with Gasteiger partial charge in [0.05, 0.1) is 5.75 Å². The first-order valence-corrected chi connectivity index (χ1v) is 8.31. The number of halogens is 1. The van der Waals surface area contributed by atoms with Crippen LogP contribution in [0.4, 0.5) is 0 Å². The van der Waals surface area contributed by atoms with E-state index in [9.17, 15) is 13.2 Å². The van der Waals surface area contributed by atoms with E-state index < -0.39 is 10.0 Å². The molecule has 1 saturated heterocycles. The van der Waals surface area contributed by atoms with Crippen molar-refractivity contribution in [3.63, 3.8) is 0 Å². The van der Waals surface area contributed by atoms with Crippen molar-refractivity contribution < 1.29 is 13.2 Å². The van der Waals surface area contributed by atoms with E-state index in [0.29, 0.717) is 38.2 Å². The van der Waals surface area contributed by atoms with Crippen molar-refractivity contribution in [3.8, 4) is 0 Å². The van der Waals surface area contributed by atoms with Gasteiger partial charge in [-0.1, -0.05) is 6.92 Å². The number of piperidine rings is 1. The lowest BCUT2D eigenvalue weighted by Gasteiger charge is -2.31. The highest BCUT2D eigenvalue weighted by Crippen LogP contribution is 2.23. The molecular formula is C11H21ClN2O3S. The third-order valence-corrected chi connectivity index (χ3v) is 5.88. The minimum Gasteiger partial charge on any atom is -0.370 e. The lowest BCUT2D eigenvalue weighted by Crippen LogP contribution is -2.41. The van der Waals surface area contributed by atoms with E-state index in [2.05, 4.69) is 0 Å². The van der Waals surface area contributed by atoms with Crippen molar-refractivity contribution in [3.05, 3.63) is 0 Å². The fraction of sp³-hybridized carbons (Fsp3) is 0.909. The second kappa shape index (κ2) is 6.73. The molecule has 1 amide bonds. The second-order valence-electron chi connectivity index (χ2n) is 5.05. The summed E-state index contributed by atoms with van der Waals surface area (Å²) in [6.45, 7) is 2.79. The Morgan fingerprint density at radius 1 is 1.44 bits per heavy atom. The van der Waals surface area contributed by atoms with Crippen molar-refractivity contribution in [2.45, 2.75) is 26.2 Å². The summed E-state index contributed by atoms with van der Waals surface area (Å²) in [4.78, 5) is 10.8. The van der Waals surface area contributed by atoms with E-state index in [-0.39, 0.29) is 23.5 Å². The molecule has 106 valence electrons. The third kappa shape index (κ3) is 4.74. The number of sulfonamides is 1. The van der Waals surface area contributed by atoms with E-state index in [1.54, 1.807) is 0 Å². The highest BCUT2D eigenvalue weighted by atomic mass is 35.5. The predicted octanol–water partition coefficient (Wildman–Crippen LogP) is 0.779. The van der Waals surface area contributed by atoms with E-state index in [1.807, 2.05) is 6.92 Å². The zero-order chi connectivity index (χ0) is 13.8. The quantitative estimate of drug-likeness (QED) is 0.736. The Hall–Kier alpha value is -0.330. The number of carbonyl (C=O) groups is 1. The van der Waals surface area contributed by atoms with Gasteiger partial charge < -0.3 is 5.73 Å². The summed E-state index contributed by atoms with van der Waals surface area (Å²) in [5, 5.41) is 0. The van der Waals surface area contributed by atoms with Crippen LogP contribution in [0.1, 0.15) is 26.2 Å². The standard InChI is InChI=1S/C11H21ClN2O3S/c1-9(7-12)8-18(16,17)14-4-2-10(3-5-14)6-11(13)15/h9-10H,2-8H2,1H3,(H2,13,15). The number of amides is 1. The van der Waals surface area contributed by atoms with Crippen molar-refractivity contribution in [2.24, 2.45) is 17.6 Å². The summed E-state index contributed by atoms with van der Waals surface area (Å²) in [7, 11) is -3.21. The van der Waals surface area contributed by atoms with E-state index in [4.69, 9.17) is 17.3 Å². The molecule has 1 aliphatic rings. The summed E-state index contributed by atoms with van der Waals surface area (Å²) in [6, 6.07) is 0. The van der Waals surface area contributed by atoms with Gasteiger partial charge in [0.15, 0.2) is 0 Å². The molecule has 0 bridgehead atoms. The number of nitrogens with zero attached hydrogens (tertiary/aromatic N) is 1. The van der Waals surface area contributed by atoms with Crippen LogP contribution in [-0.4, -0.2) is 43.4 Å². The first-order valence-electron chi connectivity index (χ1n) is 6.17. The Kier molecular flexibility index (Phi) is 5.88. The number of rotatable bonds is 6. The molecule has 1 aliphatic heterocycles. The smallest absolute Gasteiger partial charge is 0.217 e. The number of hydrogen-bond donors (Lipinski definition) is 1. The summed E-state index contributed by atoms with van der Waals surface area (Å²) < 4.78 is 25.6. The minimum atomic E-state index is -3.21. The first kappa shape index (κ1) is 15.7. The summed E-state index contributed by atoms with van der Waals surface area (Å²) in [6.07, 6.45) is 1.76. The molecule has 5 nitrogen and oxygen atoms in total. The van der Waals surface area contributed by atoms with Gasteiger partial charge in [0.25, 0.3) is 0 Å². The van der Waals surface area contributed by atoms with E-state index in [0.717, 1.165) is 0 Å². The molecule has 0 radical (unpaired) electrons. The summed E-state index contributed by atoms with van der Waals surface area (Å²) in [5.74, 6) is 0.306. The maximum absolute atomic E-state index is 12.1. The first-order chi connectivity index (χ1) is 8.35. The van der Waals surface area contributed by atoms with Gasteiger partial charge in [-0.3, -0.25) is 4.79 Å². The normalized spacial score (nSPS) is 20.8. The van der Waals surface area contributed by atoms with Crippen LogP contribution in [0, 0.1) is 11.8 Å². The molecule has 1 fully saturated rings. The lowest BCUT2D eigenvalue weighted by molar-refractivity contribution is -0.119. The largest absolute Gasteiger partial charge is 0.370 e. The SMILES string of the molecule is CC(CCl)CS(=O)(=O)N1CCC(CC(N)=O)CC1. The van der Waals surface area contributed by atoms with Crippen LogP contribution in [0.2, 0.25) is 0 Å². The zero-order valence-electron chi connectivity index (χ0n) is 10.6. The van der Waals surface area contributed by atoms with Crippen LogP contribution in [0.15, 0.2) is 0 Å². The average Bonchev–Trinajstić information content (AvgIpc) is 2.28. The maximum Gasteiger partial charge on any atom is 0.217 e. The Balaban J connectivity index is 2.49. The number of hydrogen-bond acceptors (Lipinski definition) is 3. The molecule has 0 aromatic carbocycles. The molecule has 2 N–H and O–H groups in total. The van der Waals surface area contributed by atoms with Gasteiger partial charge in [-0.2, -0.15) is 0 Å². The molecule has 1 rings (SSSR count). The maximum atomic E-state index is 12.1. The van der Waals surface area contributed by atoms with Crippen molar-refractivity contribution in [2.75, 3.05) is 24.7 Å². The third-order valence-electron chi connectivity index (χ3n) is 3.22. The van der Waals surface area contributed by atoms with Crippen molar-refractivity contribution in [1.82, 2.24) is 4.31 Å². The van der Waals surface area contributed by atoms with Crippen LogP contribution in [0.5, 0.6) is 0 Å². The van der Waals surface area contributed by atoms with Crippen LogP contribution >= 0.6 is 11.6 Å². The number of alkyl halides is 1. The Bertz CT molecular complexity index is 378. The van der Waals surface area contributed by atoms with Gasteiger partial charge in [-0.25, -0.2) is 12.7 Å². The molecule has 0 aromatic rings. The molecular weight excluding hydrogens is 276 g/mol. The van der Waals surface area contributed by atoms with Gasteiger partial charge in [0.2, 0.25) is 15.9 Å². The number of carbonyl (C=O) groups excluding carboxylic acids is 1. The topological polar surface area (TPSA) is 80.5 Å². The van der Waals surface area contributed by atoms with Crippen LogP contribution in [0.25, 0.3) is 0 Å². The highest BCUT2D eigenvalue weighted by molar-refractivity contribution is 7.89. The number of nitrogens with two attached hydrogens (primary N) is 1. The van der Waals surface area contributed by atoms with Gasteiger partial charge in [-0.15, -0.1) is 11.6 Å². The molecule has 1 unspecified atom stereocenters. The fourth-order valence-electron chi connectivity index (χ4n) is 2.19. The van der Waals surface area contributed by atoms with Crippen molar-refractivity contribution in [1.29, 1.82) is 0 Å². The highest BCUT2D eigenvalue weighted by Gasteiger charge is 2.29. The predicted molar refractivity (Wildman–Crippen MR) is 71.8 cm³/mol. The molecule has 0 saturated carbocycles. The van der Waals surface area contributed by atoms with E-state index >= 15 is 0 Å². The summed E-state index contributed by atoms with van der Waals surface area (Å²) >= 11 is 5.64. The Morgan fingerprint density at radius 2 is 2.00 bits per heavy atom. The zero-order valence-corrected chi connectivity index (χ0v) is 12.2. The van der Waals surface area contributed by atoms with Crippen LogP contribution in [-0.2, 0) is 14.8 Å². The van der Waals surface area contributed by atoms with Crippen LogP contribution in [0.3, 0.4) is 0 Å². The lowest BCUT2D eigenvalue weighted by atomic mass is 9.94. The van der Waals surface area contributed by atoms with Gasteiger partial charge in [-0.05, 0) is 24.7 Å². The van der Waals surface area contributed by atoms with Gasteiger partial charge >= 0.3 is 0 Å². The molecule has 1 atom stereocenters. The Morgan fingerprint density at radius 3 is 2.44 bits per heavy atom. The molecule has 7 heteroatoms. The monoisotopic (exact) mass is 296 g/mol.